The van der Waals surface area contributed by atoms with E-state index in [9.17, 15) is 0 Å². The number of benzene rings is 3. The van der Waals surface area contributed by atoms with Gasteiger partial charge in [-0.15, -0.1) is 0 Å². The van der Waals surface area contributed by atoms with Crippen molar-refractivity contribution in [2.45, 2.75) is 19.3 Å². The van der Waals surface area contributed by atoms with E-state index < -0.39 is 0 Å². The van der Waals surface area contributed by atoms with Crippen molar-refractivity contribution >= 4 is 22.6 Å². The van der Waals surface area contributed by atoms with Gasteiger partial charge >= 0.3 is 0 Å². The molecule has 0 N–H and O–H groups in total. The third kappa shape index (κ3) is 2.82. The van der Waals surface area contributed by atoms with Crippen LogP contribution < -0.4 is 0 Å². The molecule has 110 valence electrons. The van der Waals surface area contributed by atoms with E-state index >= 15 is 0 Å². The minimum atomic E-state index is -0.140. The van der Waals surface area contributed by atoms with Crippen LogP contribution in [0.15, 0.2) is 78.9 Å². The Morgan fingerprint density at radius 1 is 0.636 bits per heavy atom. The Labute approximate surface area is 146 Å². The third-order valence-corrected chi connectivity index (χ3v) is 5.12. The summed E-state index contributed by atoms with van der Waals surface area (Å²) in [5.41, 5.74) is 5.12. The third-order valence-electron chi connectivity index (χ3n) is 4.40. The molecule has 3 rings (SSSR count). The maximum absolute atomic E-state index is 2.36. The van der Waals surface area contributed by atoms with Crippen molar-refractivity contribution in [1.29, 1.82) is 0 Å². The zero-order valence-electron chi connectivity index (χ0n) is 12.9. The summed E-state index contributed by atoms with van der Waals surface area (Å²) >= 11 is 2.36. The van der Waals surface area contributed by atoms with Gasteiger partial charge in [-0.05, 0) is 65.3 Å². The second-order valence-electron chi connectivity index (χ2n) is 5.86. The highest BCUT2D eigenvalue weighted by atomic mass is 127. The SMILES string of the molecule is Cc1ccc(C(C)(c2ccccc2)c2ccc(I)cc2)cc1. The van der Waals surface area contributed by atoms with Gasteiger partial charge in [0.15, 0.2) is 0 Å². The van der Waals surface area contributed by atoms with Gasteiger partial charge in [0.1, 0.15) is 0 Å². The van der Waals surface area contributed by atoms with Crippen LogP contribution in [0, 0.1) is 10.5 Å². The predicted molar refractivity (Wildman–Crippen MR) is 102 cm³/mol. The standard InChI is InChI=1S/C21H19I/c1-16-8-10-18(11-9-16)21(2,17-6-4-3-5-7-17)19-12-14-20(22)15-13-19/h3-15H,1-2H3. The minimum Gasteiger partial charge on any atom is -0.0622 e. The number of hydrogen-bond donors (Lipinski definition) is 0. The fraction of sp³-hybridized carbons (Fsp3) is 0.143. The van der Waals surface area contributed by atoms with Gasteiger partial charge < -0.3 is 0 Å². The van der Waals surface area contributed by atoms with Crippen molar-refractivity contribution in [3.63, 3.8) is 0 Å². The highest BCUT2D eigenvalue weighted by Crippen LogP contribution is 2.38. The molecular weight excluding hydrogens is 379 g/mol. The predicted octanol–water partition coefficient (Wildman–Crippen LogP) is 5.95. The van der Waals surface area contributed by atoms with Gasteiger partial charge in [-0.2, -0.15) is 0 Å². The molecule has 22 heavy (non-hydrogen) atoms. The van der Waals surface area contributed by atoms with Crippen LogP contribution in [0.3, 0.4) is 0 Å². The van der Waals surface area contributed by atoms with Gasteiger partial charge in [0.05, 0.1) is 0 Å². The number of aryl methyl sites for hydroxylation is 1. The second kappa shape index (κ2) is 6.25. The molecule has 0 nitrogen and oxygen atoms in total. The molecule has 0 saturated heterocycles. The molecule has 3 aromatic rings. The van der Waals surface area contributed by atoms with Crippen LogP contribution in [0.25, 0.3) is 0 Å². The highest BCUT2D eigenvalue weighted by molar-refractivity contribution is 14.1. The molecule has 0 aliphatic heterocycles. The Morgan fingerprint density at radius 3 is 1.64 bits per heavy atom. The van der Waals surface area contributed by atoms with Crippen LogP contribution in [-0.4, -0.2) is 0 Å². The largest absolute Gasteiger partial charge is 0.0622 e. The molecule has 0 saturated carbocycles. The van der Waals surface area contributed by atoms with Gasteiger partial charge in [0.25, 0.3) is 0 Å². The molecule has 0 aliphatic rings. The Balaban J connectivity index is 2.22. The van der Waals surface area contributed by atoms with Gasteiger partial charge in [-0.25, -0.2) is 0 Å². The lowest BCUT2D eigenvalue weighted by Crippen LogP contribution is -2.25. The first-order valence-electron chi connectivity index (χ1n) is 7.49. The van der Waals surface area contributed by atoms with E-state index in [4.69, 9.17) is 0 Å². The molecule has 0 amide bonds. The molecule has 3 aromatic carbocycles. The molecule has 0 bridgehead atoms. The van der Waals surface area contributed by atoms with Crippen molar-refractivity contribution in [3.05, 3.63) is 105 Å². The maximum Gasteiger partial charge on any atom is 0.0423 e. The molecular formula is C21H19I. The normalized spacial score (nSPS) is 13.6. The van der Waals surface area contributed by atoms with Gasteiger partial charge in [-0.1, -0.05) is 72.3 Å². The summed E-state index contributed by atoms with van der Waals surface area (Å²) in [4.78, 5) is 0. The summed E-state index contributed by atoms with van der Waals surface area (Å²) in [6.45, 7) is 4.45. The zero-order valence-corrected chi connectivity index (χ0v) is 15.0. The lowest BCUT2D eigenvalue weighted by Gasteiger charge is -2.32. The Morgan fingerprint density at radius 2 is 1.09 bits per heavy atom. The van der Waals surface area contributed by atoms with Crippen molar-refractivity contribution in [2.75, 3.05) is 0 Å². The minimum absolute atomic E-state index is 0.140. The van der Waals surface area contributed by atoms with Crippen molar-refractivity contribution in [2.24, 2.45) is 0 Å². The molecule has 0 fully saturated rings. The molecule has 0 heterocycles. The van der Waals surface area contributed by atoms with E-state index in [1.807, 2.05) is 0 Å². The van der Waals surface area contributed by atoms with E-state index in [0.717, 1.165) is 0 Å². The van der Waals surface area contributed by atoms with Crippen LogP contribution >= 0.6 is 22.6 Å². The molecule has 0 aromatic heterocycles. The summed E-state index contributed by atoms with van der Waals surface area (Å²) in [6.07, 6.45) is 0. The first kappa shape index (κ1) is 15.3. The Hall–Kier alpha value is -1.61. The quantitative estimate of drug-likeness (QED) is 0.378. The zero-order chi connectivity index (χ0) is 15.6. The number of halogens is 1. The van der Waals surface area contributed by atoms with Crippen LogP contribution in [0.5, 0.6) is 0 Å². The molecule has 0 radical (unpaired) electrons. The van der Waals surface area contributed by atoms with Gasteiger partial charge in [-0.3, -0.25) is 0 Å². The van der Waals surface area contributed by atoms with E-state index in [-0.39, 0.29) is 5.41 Å². The lowest BCUT2D eigenvalue weighted by molar-refractivity contribution is 0.692. The molecule has 0 spiro atoms. The van der Waals surface area contributed by atoms with Crippen LogP contribution in [0.4, 0.5) is 0 Å². The average molecular weight is 398 g/mol. The lowest BCUT2D eigenvalue weighted by atomic mass is 9.71. The van der Waals surface area contributed by atoms with Crippen molar-refractivity contribution in [1.82, 2.24) is 0 Å². The van der Waals surface area contributed by atoms with Crippen molar-refractivity contribution < 1.29 is 0 Å². The van der Waals surface area contributed by atoms with E-state index in [2.05, 4.69) is 115 Å². The van der Waals surface area contributed by atoms with E-state index in [1.165, 1.54) is 25.8 Å². The fourth-order valence-corrected chi connectivity index (χ4v) is 3.30. The van der Waals surface area contributed by atoms with E-state index in [1.54, 1.807) is 0 Å². The first-order chi connectivity index (χ1) is 10.6. The second-order valence-corrected chi connectivity index (χ2v) is 7.11. The molecule has 0 aliphatic carbocycles. The monoisotopic (exact) mass is 398 g/mol. The number of hydrogen-bond acceptors (Lipinski definition) is 0. The summed E-state index contributed by atoms with van der Waals surface area (Å²) in [5, 5.41) is 0. The van der Waals surface area contributed by atoms with E-state index in [0.29, 0.717) is 0 Å². The topological polar surface area (TPSA) is 0 Å². The molecule has 1 atom stereocenters. The molecule has 1 unspecified atom stereocenters. The summed E-state index contributed by atoms with van der Waals surface area (Å²) in [7, 11) is 0. The molecule has 1 heteroatoms. The van der Waals surface area contributed by atoms with Crippen molar-refractivity contribution in [3.8, 4) is 0 Å². The first-order valence-corrected chi connectivity index (χ1v) is 8.57. The average Bonchev–Trinajstić information content (AvgIpc) is 2.56. The van der Waals surface area contributed by atoms with Gasteiger partial charge in [0.2, 0.25) is 0 Å². The fourth-order valence-electron chi connectivity index (χ4n) is 2.94. The van der Waals surface area contributed by atoms with Crippen LogP contribution in [0.2, 0.25) is 0 Å². The maximum atomic E-state index is 2.36. The Bertz CT molecular complexity index is 695. The van der Waals surface area contributed by atoms with Gasteiger partial charge in [0, 0.05) is 8.99 Å². The summed E-state index contributed by atoms with van der Waals surface area (Å²) < 4.78 is 1.26. The van der Waals surface area contributed by atoms with Crippen LogP contribution in [0.1, 0.15) is 29.2 Å². The highest BCUT2D eigenvalue weighted by Gasteiger charge is 2.30. The van der Waals surface area contributed by atoms with Crippen LogP contribution in [-0.2, 0) is 5.41 Å². The number of rotatable bonds is 3. The summed E-state index contributed by atoms with van der Waals surface area (Å²) in [6, 6.07) is 28.5. The Kier molecular flexibility index (Phi) is 4.34. The summed E-state index contributed by atoms with van der Waals surface area (Å²) in [5.74, 6) is 0. The smallest absolute Gasteiger partial charge is 0.0423 e.